The lowest BCUT2D eigenvalue weighted by Crippen LogP contribution is -2.34. The zero-order chi connectivity index (χ0) is 8.97. The second kappa shape index (κ2) is 5.21. The van der Waals surface area contributed by atoms with Crippen molar-refractivity contribution in [3.8, 4) is 0 Å². The van der Waals surface area contributed by atoms with Gasteiger partial charge in [0.25, 0.3) is 5.91 Å². The van der Waals surface area contributed by atoms with Crippen LogP contribution in [0.15, 0.2) is 30.3 Å². The second-order valence-corrected chi connectivity index (χ2v) is 2.18. The zero-order valence-corrected chi connectivity index (χ0v) is 7.78. The quantitative estimate of drug-likeness (QED) is 0.693. The van der Waals surface area contributed by atoms with E-state index in [1.807, 2.05) is 5.32 Å². The van der Waals surface area contributed by atoms with Gasteiger partial charge in [0.05, 0.1) is 0 Å². The fraction of sp³-hybridized carbons (Fsp3) is 0. The topological polar surface area (TPSA) is 72.2 Å². The van der Waals surface area contributed by atoms with Gasteiger partial charge in [-0.05, 0) is 12.1 Å². The lowest BCUT2D eigenvalue weighted by molar-refractivity contribution is 0.0966. The van der Waals surface area contributed by atoms with Crippen molar-refractivity contribution in [2.45, 2.75) is 0 Å². The summed E-state index contributed by atoms with van der Waals surface area (Å²) in [6.07, 6.45) is 0. The third-order valence-electron chi connectivity index (χ3n) is 1.27. The molecule has 0 saturated carbocycles. The number of nitrogens with one attached hydrogen (secondary N) is 1. The smallest absolute Gasteiger partial charge is 0.319 e. The maximum atomic E-state index is 11.0. The van der Waals surface area contributed by atoms with Crippen molar-refractivity contribution in [2.24, 2.45) is 5.73 Å². The van der Waals surface area contributed by atoms with Crippen LogP contribution in [0.2, 0.25) is 0 Å². The Morgan fingerprint density at radius 1 is 1.15 bits per heavy atom. The first-order valence-corrected chi connectivity index (χ1v) is 3.36. The highest BCUT2D eigenvalue weighted by Crippen LogP contribution is 1.96. The average molecular weight is 198 g/mol. The number of carbonyl (C=O) groups excluding carboxylic acids is 2. The van der Waals surface area contributed by atoms with E-state index in [1.54, 1.807) is 30.3 Å². The molecule has 0 aromatic heterocycles. The van der Waals surface area contributed by atoms with Crippen LogP contribution in [-0.4, -0.2) is 11.9 Å². The number of nitrogens with two attached hydrogens (primary N) is 1. The highest BCUT2D eigenvalue weighted by atomic mass is 32.1. The summed E-state index contributed by atoms with van der Waals surface area (Å²) in [6, 6.07) is 7.53. The van der Waals surface area contributed by atoms with Gasteiger partial charge in [-0.25, -0.2) is 4.79 Å². The third kappa shape index (κ3) is 3.62. The highest BCUT2D eigenvalue weighted by molar-refractivity contribution is 7.59. The summed E-state index contributed by atoms with van der Waals surface area (Å²) < 4.78 is 0. The molecule has 0 aliphatic heterocycles. The van der Waals surface area contributed by atoms with Crippen LogP contribution in [0.1, 0.15) is 10.4 Å². The van der Waals surface area contributed by atoms with Gasteiger partial charge in [-0.3, -0.25) is 10.1 Å². The molecular formula is C8H10N2O2S. The van der Waals surface area contributed by atoms with Crippen molar-refractivity contribution in [1.82, 2.24) is 5.32 Å². The SMILES string of the molecule is NC(=O)NC(=O)c1ccccc1.S. The number of urea groups is 1. The van der Waals surface area contributed by atoms with Crippen molar-refractivity contribution in [2.75, 3.05) is 0 Å². The molecule has 5 heteroatoms. The van der Waals surface area contributed by atoms with Crippen molar-refractivity contribution in [1.29, 1.82) is 0 Å². The van der Waals surface area contributed by atoms with Crippen molar-refractivity contribution in [3.63, 3.8) is 0 Å². The Labute approximate surface area is 82.6 Å². The fourth-order valence-corrected chi connectivity index (χ4v) is 0.774. The summed E-state index contributed by atoms with van der Waals surface area (Å²) in [5, 5.41) is 1.96. The zero-order valence-electron chi connectivity index (χ0n) is 6.78. The number of hydrogen-bond acceptors (Lipinski definition) is 2. The van der Waals surface area contributed by atoms with Crippen molar-refractivity contribution >= 4 is 25.4 Å². The van der Waals surface area contributed by atoms with Gasteiger partial charge in [0.15, 0.2) is 0 Å². The number of primary amides is 1. The number of imide groups is 1. The largest absolute Gasteiger partial charge is 0.351 e. The van der Waals surface area contributed by atoms with Crippen LogP contribution in [0.4, 0.5) is 4.79 Å². The normalized spacial score (nSPS) is 8.31. The van der Waals surface area contributed by atoms with E-state index in [4.69, 9.17) is 5.73 Å². The number of carbonyl (C=O) groups is 2. The predicted octanol–water partition coefficient (Wildman–Crippen LogP) is 0.608. The van der Waals surface area contributed by atoms with Gasteiger partial charge in [0, 0.05) is 5.56 Å². The number of hydrogen-bond donors (Lipinski definition) is 2. The lowest BCUT2D eigenvalue weighted by atomic mass is 10.2. The predicted molar refractivity (Wildman–Crippen MR) is 53.9 cm³/mol. The van der Waals surface area contributed by atoms with Gasteiger partial charge in [0.1, 0.15) is 0 Å². The van der Waals surface area contributed by atoms with Gasteiger partial charge in [0.2, 0.25) is 0 Å². The van der Waals surface area contributed by atoms with Crippen LogP contribution in [0, 0.1) is 0 Å². The molecule has 0 radical (unpaired) electrons. The molecule has 0 spiro atoms. The molecule has 4 nitrogen and oxygen atoms in total. The Balaban J connectivity index is 0.00000144. The first kappa shape index (κ1) is 11.5. The van der Waals surface area contributed by atoms with E-state index in [-0.39, 0.29) is 13.5 Å². The van der Waals surface area contributed by atoms with Crippen molar-refractivity contribution in [3.05, 3.63) is 35.9 Å². The van der Waals surface area contributed by atoms with Crippen LogP contribution in [0.5, 0.6) is 0 Å². The minimum absolute atomic E-state index is 0. The molecule has 0 unspecified atom stereocenters. The minimum Gasteiger partial charge on any atom is -0.351 e. The van der Waals surface area contributed by atoms with E-state index in [0.717, 1.165) is 0 Å². The number of rotatable bonds is 1. The fourth-order valence-electron chi connectivity index (χ4n) is 0.774. The highest BCUT2D eigenvalue weighted by Gasteiger charge is 2.05. The van der Waals surface area contributed by atoms with E-state index in [2.05, 4.69) is 0 Å². The molecule has 1 aromatic carbocycles. The maximum Gasteiger partial charge on any atom is 0.319 e. The van der Waals surface area contributed by atoms with E-state index in [1.165, 1.54) is 0 Å². The van der Waals surface area contributed by atoms with Crippen molar-refractivity contribution < 1.29 is 9.59 Å². The molecule has 0 aliphatic carbocycles. The molecule has 0 aliphatic rings. The van der Waals surface area contributed by atoms with Gasteiger partial charge < -0.3 is 5.73 Å². The van der Waals surface area contributed by atoms with E-state index >= 15 is 0 Å². The molecule has 0 bridgehead atoms. The molecular weight excluding hydrogens is 188 g/mol. The molecule has 0 atom stereocenters. The van der Waals surface area contributed by atoms with E-state index in [0.29, 0.717) is 5.56 Å². The molecule has 13 heavy (non-hydrogen) atoms. The Kier molecular flexibility index (Phi) is 4.61. The molecule has 0 heterocycles. The first-order valence-electron chi connectivity index (χ1n) is 3.36. The van der Waals surface area contributed by atoms with E-state index < -0.39 is 11.9 Å². The van der Waals surface area contributed by atoms with Gasteiger partial charge in [-0.1, -0.05) is 18.2 Å². The first-order chi connectivity index (χ1) is 5.70. The lowest BCUT2D eigenvalue weighted by Gasteiger charge is -1.98. The summed E-state index contributed by atoms with van der Waals surface area (Å²) >= 11 is 0. The summed E-state index contributed by atoms with van der Waals surface area (Å²) in [5.74, 6) is -0.483. The molecule has 1 aromatic rings. The molecule has 3 amide bonds. The Hall–Kier alpha value is -1.49. The van der Waals surface area contributed by atoms with Gasteiger partial charge in [-0.2, -0.15) is 13.5 Å². The van der Waals surface area contributed by atoms with Crippen LogP contribution in [0.25, 0.3) is 0 Å². The van der Waals surface area contributed by atoms with Crippen LogP contribution in [0.3, 0.4) is 0 Å². The molecule has 0 fully saturated rings. The summed E-state index contributed by atoms with van der Waals surface area (Å²) in [4.78, 5) is 21.3. The van der Waals surface area contributed by atoms with Crippen LogP contribution < -0.4 is 11.1 Å². The summed E-state index contributed by atoms with van der Waals surface area (Å²) in [5.41, 5.74) is 5.17. The molecule has 0 saturated heterocycles. The summed E-state index contributed by atoms with van der Waals surface area (Å²) in [6.45, 7) is 0. The summed E-state index contributed by atoms with van der Waals surface area (Å²) in [7, 11) is 0. The maximum absolute atomic E-state index is 11.0. The van der Waals surface area contributed by atoms with Gasteiger partial charge >= 0.3 is 6.03 Å². The monoisotopic (exact) mass is 198 g/mol. The van der Waals surface area contributed by atoms with Crippen LogP contribution in [-0.2, 0) is 0 Å². The van der Waals surface area contributed by atoms with E-state index in [9.17, 15) is 9.59 Å². The number of benzene rings is 1. The number of amides is 3. The average Bonchev–Trinajstić information content (AvgIpc) is 2.05. The van der Waals surface area contributed by atoms with Gasteiger partial charge in [-0.15, -0.1) is 0 Å². The Morgan fingerprint density at radius 3 is 2.15 bits per heavy atom. The standard InChI is InChI=1S/C8H8N2O2.H2S/c9-8(12)10-7(11)6-4-2-1-3-5-6;/h1-5H,(H3,9,10,11,12);1H2. The Bertz CT molecular complexity index is 300. The Morgan fingerprint density at radius 2 is 1.69 bits per heavy atom. The minimum atomic E-state index is -0.844. The molecule has 3 N–H and O–H groups in total. The van der Waals surface area contributed by atoms with Crippen LogP contribution >= 0.6 is 13.5 Å². The molecule has 1 rings (SSSR count). The second-order valence-electron chi connectivity index (χ2n) is 2.18. The third-order valence-corrected chi connectivity index (χ3v) is 1.27. The molecule has 70 valence electrons.